The summed E-state index contributed by atoms with van der Waals surface area (Å²) in [4.78, 5) is 66.6. The van der Waals surface area contributed by atoms with Crippen molar-refractivity contribution < 1.29 is 36.7 Å². The van der Waals surface area contributed by atoms with Crippen LogP contribution in [0.4, 0.5) is 4.39 Å². The highest BCUT2D eigenvalue weighted by Crippen LogP contribution is 2.47. The molecule has 3 aromatic rings. The summed E-state index contributed by atoms with van der Waals surface area (Å²) in [6, 6.07) is 3.42. The molecule has 5 atom stereocenters. The minimum absolute atomic E-state index is 0.0148. The standard InChI is InChI=1S/C37H45FN8O7S/c1-4-25-33(41-29-18-23(38)12-13-26(29)39-25)53-24-19-30-32(48)42-37(35(50)44-54(51,52)36(2)15-16-36)20-22(37)10-8-6-5-7-9-11-28(34(49)46(30)21-24)40-31(47)27-14-17-45(3)43-27/h8,10,12-14,17-18,22,24,28,30H,4-7,9,11,15-16,19-21H2,1-3H3,(H,40,47)(H,42,48)(H,44,50)/b10-8-/t22-,24-,28+,30+,37-/m1/s1. The molecule has 4 aliphatic rings. The maximum absolute atomic E-state index is 14.5. The first kappa shape index (κ1) is 37.4. The quantitative estimate of drug-likeness (QED) is 0.287. The molecule has 0 bridgehead atoms. The lowest BCUT2D eigenvalue weighted by molar-refractivity contribution is -0.141. The van der Waals surface area contributed by atoms with E-state index >= 15 is 0 Å². The Bertz CT molecular complexity index is 2140. The molecule has 2 saturated carbocycles. The lowest BCUT2D eigenvalue weighted by Gasteiger charge is -2.30. The third-order valence-corrected chi connectivity index (χ3v) is 13.2. The van der Waals surface area contributed by atoms with E-state index in [4.69, 9.17) is 4.74 Å². The third-order valence-electron chi connectivity index (χ3n) is 11.0. The average molecular weight is 765 g/mol. The molecule has 3 N–H and O–H groups in total. The molecule has 1 saturated heterocycles. The minimum Gasteiger partial charge on any atom is -0.471 e. The highest BCUT2D eigenvalue weighted by molar-refractivity contribution is 7.91. The van der Waals surface area contributed by atoms with Crippen LogP contribution in [0.1, 0.15) is 87.8 Å². The van der Waals surface area contributed by atoms with Crippen LogP contribution in [0.3, 0.4) is 0 Å². The number of fused-ring (bicyclic) bond motifs is 3. The van der Waals surface area contributed by atoms with Crippen molar-refractivity contribution in [3.8, 4) is 5.88 Å². The number of ether oxygens (including phenoxy) is 1. The zero-order chi connectivity index (χ0) is 38.4. The molecule has 0 spiro atoms. The third kappa shape index (κ3) is 7.42. The maximum atomic E-state index is 14.5. The topological polar surface area (TPSA) is 195 Å². The van der Waals surface area contributed by atoms with Gasteiger partial charge in [0.2, 0.25) is 27.7 Å². The molecule has 15 nitrogen and oxygen atoms in total. The van der Waals surface area contributed by atoms with Gasteiger partial charge in [0.1, 0.15) is 40.9 Å². The Morgan fingerprint density at radius 3 is 2.63 bits per heavy atom. The summed E-state index contributed by atoms with van der Waals surface area (Å²) in [5.74, 6) is -3.37. The summed E-state index contributed by atoms with van der Waals surface area (Å²) in [6.45, 7) is 3.37. The lowest BCUT2D eigenvalue weighted by atomic mass is 10.0. The Labute approximate surface area is 312 Å². The zero-order valence-electron chi connectivity index (χ0n) is 30.5. The number of hydrogen-bond acceptors (Lipinski definition) is 10. The molecule has 17 heteroatoms. The fourth-order valence-corrected chi connectivity index (χ4v) is 8.56. The highest BCUT2D eigenvalue weighted by atomic mass is 32.2. The number of halogens is 1. The largest absolute Gasteiger partial charge is 0.471 e. The Morgan fingerprint density at radius 2 is 1.91 bits per heavy atom. The van der Waals surface area contributed by atoms with Gasteiger partial charge in [0.25, 0.3) is 11.8 Å². The molecular weight excluding hydrogens is 720 g/mol. The van der Waals surface area contributed by atoms with Crippen LogP contribution in [-0.2, 0) is 37.9 Å². The molecule has 288 valence electrons. The number of allylic oxidation sites excluding steroid dienone is 1. The van der Waals surface area contributed by atoms with Crippen molar-refractivity contribution in [1.29, 1.82) is 0 Å². The van der Waals surface area contributed by atoms with Gasteiger partial charge in [-0.15, -0.1) is 0 Å². The van der Waals surface area contributed by atoms with Crippen LogP contribution in [0.15, 0.2) is 42.6 Å². The van der Waals surface area contributed by atoms with E-state index in [0.29, 0.717) is 49.7 Å². The maximum Gasteiger partial charge on any atom is 0.272 e. The molecule has 0 radical (unpaired) electrons. The number of carbonyl (C=O) groups is 4. The van der Waals surface area contributed by atoms with Crippen molar-refractivity contribution in [3.63, 3.8) is 0 Å². The van der Waals surface area contributed by atoms with E-state index < -0.39 is 73.9 Å². The number of nitrogens with one attached hydrogen (secondary N) is 3. The minimum atomic E-state index is -4.01. The van der Waals surface area contributed by atoms with Crippen LogP contribution < -0.4 is 20.1 Å². The van der Waals surface area contributed by atoms with E-state index in [1.54, 1.807) is 20.2 Å². The molecule has 2 aliphatic carbocycles. The average Bonchev–Trinajstić information content (AvgIpc) is 3.93. The van der Waals surface area contributed by atoms with E-state index in [1.807, 2.05) is 19.1 Å². The van der Waals surface area contributed by atoms with Crippen molar-refractivity contribution in [2.45, 2.75) is 107 Å². The molecule has 7 rings (SSSR count). The van der Waals surface area contributed by atoms with Crippen molar-refractivity contribution in [2.75, 3.05) is 6.54 Å². The summed E-state index contributed by atoms with van der Waals surface area (Å²) in [7, 11) is -2.33. The van der Waals surface area contributed by atoms with Crippen LogP contribution in [0.5, 0.6) is 5.88 Å². The number of carbonyl (C=O) groups excluding carboxylic acids is 4. The van der Waals surface area contributed by atoms with Gasteiger partial charge >= 0.3 is 0 Å². The van der Waals surface area contributed by atoms with E-state index in [1.165, 1.54) is 33.8 Å². The summed E-state index contributed by atoms with van der Waals surface area (Å²) in [5, 5.41) is 9.86. The molecule has 3 fully saturated rings. The smallest absolute Gasteiger partial charge is 0.272 e. The van der Waals surface area contributed by atoms with Crippen molar-refractivity contribution >= 4 is 44.7 Å². The number of aryl methyl sites for hydroxylation is 2. The second kappa shape index (κ2) is 14.4. The Kier molecular flexibility index (Phi) is 9.95. The van der Waals surface area contributed by atoms with Crippen LogP contribution in [0.2, 0.25) is 0 Å². The van der Waals surface area contributed by atoms with E-state index in [2.05, 4.69) is 30.4 Å². The predicted molar refractivity (Wildman–Crippen MR) is 194 cm³/mol. The summed E-state index contributed by atoms with van der Waals surface area (Å²) >= 11 is 0. The van der Waals surface area contributed by atoms with Crippen molar-refractivity contribution in [1.82, 2.24) is 40.0 Å². The fraction of sp³-hybridized carbons (Fsp3) is 0.541. The molecule has 1 aromatic carbocycles. The molecule has 4 amide bonds. The monoisotopic (exact) mass is 764 g/mol. The van der Waals surface area contributed by atoms with Crippen LogP contribution in [-0.4, -0.2) is 91.7 Å². The Morgan fingerprint density at radius 1 is 1.11 bits per heavy atom. The number of hydrogen-bond donors (Lipinski definition) is 3. The molecule has 2 aliphatic heterocycles. The van der Waals surface area contributed by atoms with Crippen LogP contribution in [0, 0.1) is 11.7 Å². The molecular formula is C37H45FN8O7S. The molecule has 2 aromatic heterocycles. The SMILES string of the molecule is CCc1nc2ccc(F)cc2nc1O[C@@H]1C[C@H]2C(=O)N[C@]3(C(=O)NS(=O)(=O)C4(C)CC4)C[C@H]3/C=C\CCCCC[C@H](NC(=O)c3ccn(C)n3)C(=O)N2C1. The second-order valence-electron chi connectivity index (χ2n) is 15.1. The Balaban J connectivity index is 1.21. The first-order valence-electron chi connectivity index (χ1n) is 18.5. The fourth-order valence-electron chi connectivity index (χ4n) is 7.25. The van der Waals surface area contributed by atoms with Gasteiger partial charge in [-0.25, -0.2) is 22.8 Å². The Hall–Kier alpha value is -4.93. The first-order chi connectivity index (χ1) is 25.7. The number of sulfonamides is 1. The molecule has 0 unspecified atom stereocenters. The van der Waals surface area contributed by atoms with Gasteiger partial charge in [-0.3, -0.25) is 28.6 Å². The predicted octanol–water partition coefficient (Wildman–Crippen LogP) is 2.61. The van der Waals surface area contributed by atoms with Crippen molar-refractivity contribution in [2.24, 2.45) is 13.0 Å². The van der Waals surface area contributed by atoms with Crippen molar-refractivity contribution in [3.05, 3.63) is 59.8 Å². The van der Waals surface area contributed by atoms with E-state index in [0.717, 1.165) is 12.8 Å². The van der Waals surface area contributed by atoms with Gasteiger partial charge < -0.3 is 20.3 Å². The van der Waals surface area contributed by atoms with Crippen LogP contribution in [0.25, 0.3) is 11.0 Å². The first-order valence-corrected chi connectivity index (χ1v) is 20.0. The second-order valence-corrected chi connectivity index (χ2v) is 17.3. The zero-order valence-corrected chi connectivity index (χ0v) is 31.3. The summed E-state index contributed by atoms with van der Waals surface area (Å²) < 4.78 is 49.4. The van der Waals surface area contributed by atoms with Gasteiger partial charge in [0, 0.05) is 31.6 Å². The molecule has 54 heavy (non-hydrogen) atoms. The summed E-state index contributed by atoms with van der Waals surface area (Å²) in [5.41, 5.74) is -0.157. The summed E-state index contributed by atoms with van der Waals surface area (Å²) in [6.07, 6.45) is 9.15. The normalized spacial score (nSPS) is 27.4. The van der Waals surface area contributed by atoms with Gasteiger partial charge in [-0.05, 0) is 70.1 Å². The number of nitrogens with zero attached hydrogens (tertiary/aromatic N) is 5. The van der Waals surface area contributed by atoms with Crippen LogP contribution >= 0.6 is 0 Å². The van der Waals surface area contributed by atoms with E-state index in [9.17, 15) is 32.0 Å². The van der Waals surface area contributed by atoms with Gasteiger partial charge in [-0.2, -0.15) is 5.10 Å². The van der Waals surface area contributed by atoms with Gasteiger partial charge in [-0.1, -0.05) is 31.9 Å². The molecule has 4 heterocycles. The lowest BCUT2D eigenvalue weighted by Crippen LogP contribution is -2.58. The van der Waals surface area contributed by atoms with E-state index in [-0.39, 0.29) is 36.5 Å². The number of benzene rings is 1. The number of aromatic nitrogens is 4. The number of amides is 4. The highest BCUT2D eigenvalue weighted by Gasteiger charge is 2.63. The number of rotatable bonds is 8. The van der Waals surface area contributed by atoms with Gasteiger partial charge in [0.15, 0.2) is 0 Å². The van der Waals surface area contributed by atoms with Gasteiger partial charge in [0.05, 0.1) is 22.3 Å².